The summed E-state index contributed by atoms with van der Waals surface area (Å²) in [5.74, 6) is 1.26. The highest BCUT2D eigenvalue weighted by molar-refractivity contribution is 6.31. The summed E-state index contributed by atoms with van der Waals surface area (Å²) >= 11 is 6.24. The van der Waals surface area contributed by atoms with Crippen LogP contribution in [0.15, 0.2) is 12.1 Å². The summed E-state index contributed by atoms with van der Waals surface area (Å²) in [6.07, 6.45) is 0.641. The van der Waals surface area contributed by atoms with Crippen molar-refractivity contribution in [3.05, 3.63) is 22.7 Å². The number of aliphatic hydroxyl groups excluding tert-OH is 1. The molecule has 0 amide bonds. The van der Waals surface area contributed by atoms with E-state index < -0.39 is 0 Å². The predicted molar refractivity (Wildman–Crippen MR) is 69.3 cm³/mol. The van der Waals surface area contributed by atoms with Crippen molar-refractivity contribution in [3.63, 3.8) is 0 Å². The summed E-state index contributed by atoms with van der Waals surface area (Å²) in [4.78, 5) is 0. The van der Waals surface area contributed by atoms with Gasteiger partial charge in [0.15, 0.2) is 11.5 Å². The van der Waals surface area contributed by atoms with Crippen LogP contribution in [0.25, 0.3) is 0 Å². The van der Waals surface area contributed by atoms with Crippen LogP contribution in [0.1, 0.15) is 25.8 Å². The minimum absolute atomic E-state index is 0.123. The number of ether oxygens (including phenoxy) is 2. The number of hydrogen-bond donors (Lipinski definition) is 1. The van der Waals surface area contributed by atoms with Crippen LogP contribution in [0.4, 0.5) is 0 Å². The van der Waals surface area contributed by atoms with Crippen LogP contribution in [0.5, 0.6) is 11.5 Å². The fourth-order valence-electron chi connectivity index (χ4n) is 1.79. The lowest BCUT2D eigenvalue weighted by Crippen LogP contribution is -2.19. The third kappa shape index (κ3) is 3.05. The molecule has 1 rings (SSSR count). The van der Waals surface area contributed by atoms with Crippen molar-refractivity contribution >= 4 is 11.6 Å². The molecule has 0 saturated heterocycles. The highest BCUT2D eigenvalue weighted by atomic mass is 35.5. The number of rotatable bonds is 5. The monoisotopic (exact) mass is 258 g/mol. The maximum Gasteiger partial charge on any atom is 0.162 e. The second-order valence-electron chi connectivity index (χ2n) is 4.54. The normalized spacial score (nSPS) is 11.4. The van der Waals surface area contributed by atoms with Gasteiger partial charge in [0.1, 0.15) is 0 Å². The average molecular weight is 259 g/mol. The van der Waals surface area contributed by atoms with Crippen LogP contribution in [0.3, 0.4) is 0 Å². The third-order valence-corrected chi connectivity index (χ3v) is 3.25. The van der Waals surface area contributed by atoms with E-state index in [2.05, 4.69) is 0 Å². The largest absolute Gasteiger partial charge is 0.493 e. The first-order valence-electron chi connectivity index (χ1n) is 5.49. The molecule has 0 spiro atoms. The van der Waals surface area contributed by atoms with Crippen LogP contribution < -0.4 is 9.47 Å². The summed E-state index contributed by atoms with van der Waals surface area (Å²) in [6.45, 7) is 4.20. The van der Waals surface area contributed by atoms with E-state index in [9.17, 15) is 0 Å². The topological polar surface area (TPSA) is 38.7 Å². The van der Waals surface area contributed by atoms with Crippen molar-refractivity contribution in [3.8, 4) is 11.5 Å². The molecule has 0 aliphatic carbocycles. The summed E-state index contributed by atoms with van der Waals surface area (Å²) in [5, 5.41) is 9.71. The van der Waals surface area contributed by atoms with Gasteiger partial charge in [-0.3, -0.25) is 0 Å². The molecule has 0 bridgehead atoms. The Morgan fingerprint density at radius 1 is 1.18 bits per heavy atom. The van der Waals surface area contributed by atoms with E-state index in [4.69, 9.17) is 26.2 Å². The molecule has 0 radical (unpaired) electrons. The molecule has 1 N–H and O–H groups in total. The minimum atomic E-state index is -0.203. The molecule has 0 aromatic heterocycles. The van der Waals surface area contributed by atoms with Crippen molar-refractivity contribution in [2.75, 3.05) is 20.8 Å². The lowest BCUT2D eigenvalue weighted by atomic mass is 9.81. The van der Waals surface area contributed by atoms with Crippen molar-refractivity contribution in [1.29, 1.82) is 0 Å². The van der Waals surface area contributed by atoms with Gasteiger partial charge in [0.2, 0.25) is 0 Å². The van der Waals surface area contributed by atoms with Crippen LogP contribution in [0.2, 0.25) is 5.02 Å². The van der Waals surface area contributed by atoms with Crippen LogP contribution in [-0.2, 0) is 5.41 Å². The molecular weight excluding hydrogens is 240 g/mol. The van der Waals surface area contributed by atoms with Gasteiger partial charge >= 0.3 is 0 Å². The molecule has 4 heteroatoms. The van der Waals surface area contributed by atoms with E-state index in [1.165, 1.54) is 0 Å². The number of methoxy groups -OCH3 is 2. The van der Waals surface area contributed by atoms with Gasteiger partial charge in [-0.05, 0) is 23.5 Å². The summed E-state index contributed by atoms with van der Waals surface area (Å²) < 4.78 is 10.4. The van der Waals surface area contributed by atoms with Crippen molar-refractivity contribution in [2.24, 2.45) is 0 Å². The first kappa shape index (κ1) is 14.1. The first-order chi connectivity index (χ1) is 7.96. The Morgan fingerprint density at radius 2 is 1.71 bits per heavy atom. The standard InChI is InChI=1S/C13H19ClO3/c1-13(2,5-6-15)9-7-11(16-3)12(17-4)8-10(9)14/h7-8,15H,5-6H2,1-4H3. The molecule has 96 valence electrons. The second kappa shape index (κ2) is 5.61. The van der Waals surface area contributed by atoms with Crippen molar-refractivity contribution in [2.45, 2.75) is 25.7 Å². The third-order valence-electron chi connectivity index (χ3n) is 2.94. The lowest BCUT2D eigenvalue weighted by molar-refractivity contribution is 0.252. The summed E-state index contributed by atoms with van der Waals surface area (Å²) in [5.41, 5.74) is 0.747. The smallest absolute Gasteiger partial charge is 0.162 e. The quantitative estimate of drug-likeness (QED) is 0.882. The van der Waals surface area contributed by atoms with Gasteiger partial charge in [-0.25, -0.2) is 0 Å². The van der Waals surface area contributed by atoms with Gasteiger partial charge in [-0.2, -0.15) is 0 Å². The maximum absolute atomic E-state index is 9.08. The Hall–Kier alpha value is -0.930. The SMILES string of the molecule is COc1cc(Cl)c(C(C)(C)CCO)cc1OC. The van der Waals surface area contributed by atoms with Gasteiger partial charge in [0, 0.05) is 17.7 Å². The molecule has 0 heterocycles. The molecule has 0 atom stereocenters. The van der Waals surface area contributed by atoms with Crippen LogP contribution in [0, 0.1) is 0 Å². The van der Waals surface area contributed by atoms with E-state index in [0.717, 1.165) is 5.56 Å². The Labute approximate surface area is 107 Å². The van der Waals surface area contributed by atoms with E-state index in [0.29, 0.717) is 22.9 Å². The van der Waals surface area contributed by atoms with E-state index >= 15 is 0 Å². The molecule has 0 saturated carbocycles. The maximum atomic E-state index is 9.08. The van der Waals surface area contributed by atoms with E-state index in [-0.39, 0.29) is 12.0 Å². The van der Waals surface area contributed by atoms with Crippen LogP contribution in [-0.4, -0.2) is 25.9 Å². The predicted octanol–water partition coefficient (Wildman–Crippen LogP) is 3.02. The zero-order chi connectivity index (χ0) is 13.1. The fourth-order valence-corrected chi connectivity index (χ4v) is 2.20. The number of hydrogen-bond acceptors (Lipinski definition) is 3. The fraction of sp³-hybridized carbons (Fsp3) is 0.538. The Balaban J connectivity index is 3.25. The average Bonchev–Trinajstić information content (AvgIpc) is 2.28. The van der Waals surface area contributed by atoms with Gasteiger partial charge < -0.3 is 14.6 Å². The summed E-state index contributed by atoms with van der Waals surface area (Å²) in [7, 11) is 3.17. The molecule has 0 aliphatic rings. The number of aliphatic hydroxyl groups is 1. The highest BCUT2D eigenvalue weighted by Crippen LogP contribution is 2.39. The molecular formula is C13H19ClO3. The second-order valence-corrected chi connectivity index (χ2v) is 4.95. The molecule has 0 aliphatic heterocycles. The Bertz CT molecular complexity index is 388. The Morgan fingerprint density at radius 3 is 2.18 bits per heavy atom. The van der Waals surface area contributed by atoms with Crippen LogP contribution >= 0.6 is 11.6 Å². The van der Waals surface area contributed by atoms with E-state index in [1.807, 2.05) is 19.9 Å². The van der Waals surface area contributed by atoms with Gasteiger partial charge in [-0.15, -0.1) is 0 Å². The first-order valence-corrected chi connectivity index (χ1v) is 5.87. The summed E-state index contributed by atoms with van der Waals surface area (Å²) in [6, 6.07) is 3.62. The lowest BCUT2D eigenvalue weighted by Gasteiger charge is -2.26. The zero-order valence-electron chi connectivity index (χ0n) is 10.7. The zero-order valence-corrected chi connectivity index (χ0v) is 11.5. The molecule has 0 unspecified atom stereocenters. The van der Waals surface area contributed by atoms with Crippen molar-refractivity contribution < 1.29 is 14.6 Å². The minimum Gasteiger partial charge on any atom is -0.493 e. The molecule has 3 nitrogen and oxygen atoms in total. The van der Waals surface area contributed by atoms with Crippen molar-refractivity contribution in [1.82, 2.24) is 0 Å². The van der Waals surface area contributed by atoms with Gasteiger partial charge in [-0.1, -0.05) is 25.4 Å². The van der Waals surface area contributed by atoms with Gasteiger partial charge in [0.05, 0.1) is 14.2 Å². The molecule has 17 heavy (non-hydrogen) atoms. The van der Waals surface area contributed by atoms with Gasteiger partial charge in [0.25, 0.3) is 0 Å². The highest BCUT2D eigenvalue weighted by Gasteiger charge is 2.24. The van der Waals surface area contributed by atoms with E-state index in [1.54, 1.807) is 20.3 Å². The molecule has 1 aromatic rings. The molecule has 1 aromatic carbocycles. The Kier molecular flexibility index (Phi) is 4.66. The molecule has 0 fully saturated rings. The number of halogens is 1. The number of benzene rings is 1.